The molecule has 0 saturated carbocycles. The van der Waals surface area contributed by atoms with Gasteiger partial charge in [-0.05, 0) is 57.0 Å². The average Bonchev–Trinajstić information content (AvgIpc) is 2.37. The van der Waals surface area contributed by atoms with E-state index < -0.39 is 5.97 Å². The lowest BCUT2D eigenvalue weighted by atomic mass is 9.89. The first kappa shape index (κ1) is 14.9. The highest BCUT2D eigenvalue weighted by Crippen LogP contribution is 2.26. The molecule has 1 heterocycles. The van der Waals surface area contributed by atoms with Crippen LogP contribution >= 0.6 is 0 Å². The number of hydrogen-bond acceptors (Lipinski definition) is 3. The van der Waals surface area contributed by atoms with Gasteiger partial charge in [0.2, 0.25) is 0 Å². The lowest BCUT2D eigenvalue weighted by molar-refractivity contribution is 0.0697. The molecule has 110 valence electrons. The number of hydrogen-bond donors (Lipinski definition) is 2. The summed E-state index contributed by atoms with van der Waals surface area (Å²) in [7, 11) is 2.17. The highest BCUT2D eigenvalue weighted by molar-refractivity contribution is 5.88. The molecule has 0 aromatic heterocycles. The fraction of sp³-hybridized carbons (Fsp3) is 0.562. The van der Waals surface area contributed by atoms with Crippen LogP contribution in [0.1, 0.15) is 36.2 Å². The minimum Gasteiger partial charge on any atom is -0.478 e. The Balaban J connectivity index is 2.12. The molecule has 0 radical (unpaired) electrons. The minimum absolute atomic E-state index is 0.345. The fourth-order valence-corrected chi connectivity index (χ4v) is 2.90. The fourth-order valence-electron chi connectivity index (χ4n) is 2.90. The smallest absolute Gasteiger partial charge is 0.335 e. The molecule has 1 aliphatic rings. The highest BCUT2D eigenvalue weighted by atomic mass is 16.4. The second-order valence-electron chi connectivity index (χ2n) is 6.09. The van der Waals surface area contributed by atoms with Gasteiger partial charge in [0.1, 0.15) is 0 Å². The Morgan fingerprint density at radius 2 is 2.10 bits per heavy atom. The molecule has 1 saturated heterocycles. The van der Waals surface area contributed by atoms with Crippen molar-refractivity contribution in [2.75, 3.05) is 18.9 Å². The van der Waals surface area contributed by atoms with E-state index in [4.69, 9.17) is 5.11 Å². The van der Waals surface area contributed by atoms with E-state index in [1.165, 1.54) is 0 Å². The topological polar surface area (TPSA) is 52.6 Å². The number of nitrogens with zero attached hydrogens (tertiary/aromatic N) is 1. The number of carboxylic acid groups (broad SMARTS) is 1. The SMILES string of the molecule is Cc1cc(C(=O)O)ccc1NC1CC(C)N(C)CC1C. The lowest BCUT2D eigenvalue weighted by Crippen LogP contribution is -2.48. The van der Waals surface area contributed by atoms with Gasteiger partial charge < -0.3 is 15.3 Å². The monoisotopic (exact) mass is 276 g/mol. The van der Waals surface area contributed by atoms with Crippen molar-refractivity contribution in [2.24, 2.45) is 5.92 Å². The van der Waals surface area contributed by atoms with E-state index in [2.05, 4.69) is 31.1 Å². The third-order valence-electron chi connectivity index (χ3n) is 4.42. The maximum absolute atomic E-state index is 11.0. The van der Waals surface area contributed by atoms with Crippen LogP contribution in [0.2, 0.25) is 0 Å². The molecule has 2 N–H and O–H groups in total. The maximum Gasteiger partial charge on any atom is 0.335 e. The summed E-state index contributed by atoms with van der Waals surface area (Å²) in [5.74, 6) is -0.296. The van der Waals surface area contributed by atoms with Crippen molar-refractivity contribution < 1.29 is 9.90 Å². The van der Waals surface area contributed by atoms with Gasteiger partial charge in [-0.3, -0.25) is 0 Å². The summed E-state index contributed by atoms with van der Waals surface area (Å²) in [5, 5.41) is 12.6. The summed E-state index contributed by atoms with van der Waals surface area (Å²) in [4.78, 5) is 13.4. The van der Waals surface area contributed by atoms with Crippen LogP contribution in [0.4, 0.5) is 5.69 Å². The first-order valence-electron chi connectivity index (χ1n) is 7.19. The molecule has 2 rings (SSSR count). The molecule has 4 heteroatoms. The Bertz CT molecular complexity index is 501. The van der Waals surface area contributed by atoms with E-state index in [-0.39, 0.29) is 0 Å². The molecule has 1 aliphatic heterocycles. The van der Waals surface area contributed by atoms with Crippen molar-refractivity contribution in [1.29, 1.82) is 0 Å². The second-order valence-corrected chi connectivity index (χ2v) is 6.09. The predicted octanol–water partition coefficient (Wildman–Crippen LogP) is 2.83. The minimum atomic E-state index is -0.874. The summed E-state index contributed by atoms with van der Waals surface area (Å²) in [6, 6.07) is 6.29. The molecule has 0 bridgehead atoms. The number of piperidine rings is 1. The number of nitrogens with one attached hydrogen (secondary N) is 1. The molecule has 1 aromatic rings. The first-order valence-corrected chi connectivity index (χ1v) is 7.19. The van der Waals surface area contributed by atoms with Crippen molar-refractivity contribution in [3.8, 4) is 0 Å². The lowest BCUT2D eigenvalue weighted by Gasteiger charge is -2.40. The zero-order valence-corrected chi connectivity index (χ0v) is 12.7. The van der Waals surface area contributed by atoms with E-state index in [1.807, 2.05) is 13.0 Å². The van der Waals surface area contributed by atoms with E-state index in [0.29, 0.717) is 23.6 Å². The molecule has 20 heavy (non-hydrogen) atoms. The van der Waals surface area contributed by atoms with Gasteiger partial charge in [0.25, 0.3) is 0 Å². The molecular formula is C16H24N2O2. The summed E-state index contributed by atoms with van der Waals surface area (Å²) in [6.07, 6.45) is 1.11. The molecule has 1 fully saturated rings. The van der Waals surface area contributed by atoms with Crippen LogP contribution in [0, 0.1) is 12.8 Å². The van der Waals surface area contributed by atoms with Crippen molar-refractivity contribution in [1.82, 2.24) is 4.90 Å². The Morgan fingerprint density at radius 3 is 2.70 bits per heavy atom. The number of anilines is 1. The highest BCUT2D eigenvalue weighted by Gasteiger charge is 2.28. The number of carboxylic acids is 1. The number of carbonyl (C=O) groups is 1. The Morgan fingerprint density at radius 1 is 1.40 bits per heavy atom. The molecule has 0 amide bonds. The molecule has 1 aromatic carbocycles. The van der Waals surface area contributed by atoms with Gasteiger partial charge >= 0.3 is 5.97 Å². The first-order chi connectivity index (χ1) is 9.38. The summed E-state index contributed by atoms with van der Waals surface area (Å²) >= 11 is 0. The quantitative estimate of drug-likeness (QED) is 0.891. The van der Waals surface area contributed by atoms with Gasteiger partial charge in [-0.1, -0.05) is 6.92 Å². The van der Waals surface area contributed by atoms with Gasteiger partial charge in [0, 0.05) is 24.3 Å². The molecule has 0 spiro atoms. The van der Waals surface area contributed by atoms with Crippen molar-refractivity contribution >= 4 is 11.7 Å². The molecule has 3 unspecified atom stereocenters. The van der Waals surface area contributed by atoms with Crippen LogP contribution in [0.15, 0.2) is 18.2 Å². The van der Waals surface area contributed by atoms with Crippen LogP contribution in [0.5, 0.6) is 0 Å². The number of rotatable bonds is 3. The maximum atomic E-state index is 11.0. The Labute approximate surface area is 120 Å². The van der Waals surface area contributed by atoms with Crippen molar-refractivity contribution in [3.05, 3.63) is 29.3 Å². The molecule has 0 aliphatic carbocycles. The summed E-state index contributed by atoms with van der Waals surface area (Å²) in [6.45, 7) is 7.56. The number of benzene rings is 1. The van der Waals surface area contributed by atoms with E-state index in [9.17, 15) is 4.79 Å². The summed E-state index contributed by atoms with van der Waals surface area (Å²) < 4.78 is 0. The third kappa shape index (κ3) is 3.12. The van der Waals surface area contributed by atoms with Crippen LogP contribution < -0.4 is 5.32 Å². The third-order valence-corrected chi connectivity index (χ3v) is 4.42. The number of aromatic carboxylic acids is 1. The zero-order valence-electron chi connectivity index (χ0n) is 12.7. The van der Waals surface area contributed by atoms with Gasteiger partial charge in [0.05, 0.1) is 5.56 Å². The summed E-state index contributed by atoms with van der Waals surface area (Å²) in [5.41, 5.74) is 2.38. The van der Waals surface area contributed by atoms with Gasteiger partial charge in [-0.2, -0.15) is 0 Å². The molecule has 4 nitrogen and oxygen atoms in total. The van der Waals surface area contributed by atoms with E-state index in [1.54, 1.807) is 12.1 Å². The largest absolute Gasteiger partial charge is 0.478 e. The average molecular weight is 276 g/mol. The van der Waals surface area contributed by atoms with Crippen molar-refractivity contribution in [3.63, 3.8) is 0 Å². The van der Waals surface area contributed by atoms with E-state index in [0.717, 1.165) is 24.2 Å². The van der Waals surface area contributed by atoms with Crippen LogP contribution in [-0.4, -0.2) is 41.7 Å². The zero-order chi connectivity index (χ0) is 14.9. The van der Waals surface area contributed by atoms with Crippen molar-refractivity contribution in [2.45, 2.75) is 39.3 Å². The molecular weight excluding hydrogens is 252 g/mol. The van der Waals surface area contributed by atoms with Crippen LogP contribution in [0.3, 0.4) is 0 Å². The standard InChI is InChI=1S/C16H24N2O2/c1-10-7-13(16(19)20)5-6-14(10)17-15-8-12(3)18(4)9-11(15)2/h5-7,11-12,15,17H,8-9H2,1-4H3,(H,19,20). The van der Waals surface area contributed by atoms with Crippen LogP contribution in [0.25, 0.3) is 0 Å². The second kappa shape index (κ2) is 5.83. The van der Waals surface area contributed by atoms with E-state index >= 15 is 0 Å². The Hall–Kier alpha value is -1.55. The van der Waals surface area contributed by atoms with Crippen LogP contribution in [-0.2, 0) is 0 Å². The normalized spacial score (nSPS) is 27.3. The van der Waals surface area contributed by atoms with Gasteiger partial charge in [-0.15, -0.1) is 0 Å². The van der Waals surface area contributed by atoms with Gasteiger partial charge in [0.15, 0.2) is 0 Å². The predicted molar refractivity (Wildman–Crippen MR) is 81.4 cm³/mol. The van der Waals surface area contributed by atoms with Gasteiger partial charge in [-0.25, -0.2) is 4.79 Å². The Kier molecular flexibility index (Phi) is 4.33. The number of likely N-dealkylation sites (tertiary alicyclic amines) is 1. The number of aryl methyl sites for hydroxylation is 1. The molecule has 3 atom stereocenters.